The van der Waals surface area contributed by atoms with Gasteiger partial charge in [0.05, 0.1) is 11.1 Å². The summed E-state index contributed by atoms with van der Waals surface area (Å²) in [4.78, 5) is 52.7. The van der Waals surface area contributed by atoms with Crippen LogP contribution in [0.2, 0.25) is 0 Å². The van der Waals surface area contributed by atoms with Gasteiger partial charge in [-0.15, -0.1) is 0 Å². The van der Waals surface area contributed by atoms with E-state index in [1.807, 2.05) is 18.2 Å². The number of carboxylic acid groups (broad SMARTS) is 1. The first-order valence-electron chi connectivity index (χ1n) is 11.1. The number of nitrogens with zero attached hydrogens (tertiary/aromatic N) is 1. The van der Waals surface area contributed by atoms with Crippen LogP contribution in [-0.2, 0) is 22.4 Å². The van der Waals surface area contributed by atoms with Crippen molar-refractivity contribution in [3.63, 3.8) is 0 Å². The Bertz CT molecular complexity index is 1230. The van der Waals surface area contributed by atoms with E-state index in [4.69, 9.17) is 5.21 Å². The number of amides is 3. The van der Waals surface area contributed by atoms with Crippen molar-refractivity contribution in [2.75, 3.05) is 0 Å². The molecule has 0 unspecified atom stereocenters. The Balaban J connectivity index is 1.46. The molecule has 2 heterocycles. The molecule has 0 fully saturated rings. The number of hydrogen-bond acceptors (Lipinski definition) is 5. The molecule has 34 heavy (non-hydrogen) atoms. The first-order chi connectivity index (χ1) is 16.4. The summed E-state index contributed by atoms with van der Waals surface area (Å²) in [6, 6.07) is 10.9. The number of fused-ring (bicyclic) bond motifs is 2. The summed E-state index contributed by atoms with van der Waals surface area (Å²) in [5.41, 5.74) is 4.72. The van der Waals surface area contributed by atoms with Crippen molar-refractivity contribution in [1.82, 2.24) is 15.4 Å². The molecule has 1 aliphatic rings. The highest BCUT2D eigenvalue weighted by atomic mass is 16.5. The number of imide groups is 1. The second-order valence-corrected chi connectivity index (χ2v) is 8.37. The summed E-state index contributed by atoms with van der Waals surface area (Å²) in [6.07, 6.45) is 5.24. The lowest BCUT2D eigenvalue weighted by Gasteiger charge is -2.22. The van der Waals surface area contributed by atoms with E-state index in [2.05, 4.69) is 4.98 Å². The fraction of sp³-hybridized carbons (Fsp3) is 0.280. The molecule has 0 radical (unpaired) electrons. The third-order valence-corrected chi connectivity index (χ3v) is 6.16. The van der Waals surface area contributed by atoms with Crippen LogP contribution in [0, 0.1) is 0 Å². The summed E-state index contributed by atoms with van der Waals surface area (Å²) >= 11 is 0. The lowest BCUT2D eigenvalue weighted by atomic mass is 10.0. The highest BCUT2D eigenvalue weighted by Crippen LogP contribution is 2.28. The fourth-order valence-corrected chi connectivity index (χ4v) is 4.39. The molecule has 9 heteroatoms. The quantitative estimate of drug-likeness (QED) is 0.158. The second-order valence-electron chi connectivity index (χ2n) is 8.37. The zero-order chi connectivity index (χ0) is 24.2. The molecular formula is C25H25N3O6. The van der Waals surface area contributed by atoms with Gasteiger partial charge in [-0.1, -0.05) is 30.7 Å². The number of aromatic amines is 1. The van der Waals surface area contributed by atoms with Crippen molar-refractivity contribution >= 4 is 34.6 Å². The molecular weight excluding hydrogens is 438 g/mol. The second kappa shape index (κ2) is 9.88. The van der Waals surface area contributed by atoms with Gasteiger partial charge in [-0.2, -0.15) is 0 Å². The van der Waals surface area contributed by atoms with Crippen molar-refractivity contribution in [1.29, 1.82) is 0 Å². The molecule has 3 amide bonds. The van der Waals surface area contributed by atoms with E-state index in [9.17, 15) is 24.3 Å². The smallest absolute Gasteiger partial charge is 0.327 e. The zero-order valence-electron chi connectivity index (χ0n) is 18.4. The minimum Gasteiger partial charge on any atom is -0.480 e. The van der Waals surface area contributed by atoms with Gasteiger partial charge < -0.3 is 10.1 Å². The predicted molar refractivity (Wildman–Crippen MR) is 122 cm³/mol. The molecule has 1 atom stereocenters. The number of benzene rings is 2. The van der Waals surface area contributed by atoms with Crippen molar-refractivity contribution in [2.24, 2.45) is 0 Å². The summed E-state index contributed by atoms with van der Waals surface area (Å²) < 4.78 is 0. The first-order valence-corrected chi connectivity index (χ1v) is 11.1. The number of aromatic nitrogens is 1. The molecule has 1 aliphatic heterocycles. The molecule has 0 aliphatic carbocycles. The molecule has 4 N–H and O–H groups in total. The van der Waals surface area contributed by atoms with Crippen LogP contribution in [-0.4, -0.2) is 49.9 Å². The number of hydrogen-bond donors (Lipinski definition) is 4. The van der Waals surface area contributed by atoms with Gasteiger partial charge in [-0.25, -0.2) is 10.3 Å². The zero-order valence-corrected chi connectivity index (χ0v) is 18.4. The molecule has 1 aromatic heterocycles. The number of aryl methyl sites for hydroxylation is 1. The molecule has 3 aromatic rings. The van der Waals surface area contributed by atoms with Crippen molar-refractivity contribution in [3.8, 4) is 0 Å². The largest absolute Gasteiger partial charge is 0.480 e. The number of rotatable bonds is 10. The number of carbonyl (C=O) groups excluding carboxylic acids is 3. The van der Waals surface area contributed by atoms with E-state index in [-0.39, 0.29) is 29.9 Å². The fourth-order valence-electron chi connectivity index (χ4n) is 4.39. The Morgan fingerprint density at radius 3 is 2.35 bits per heavy atom. The third kappa shape index (κ3) is 4.55. The maximum atomic E-state index is 12.8. The number of nitrogens with one attached hydrogen (secondary N) is 2. The van der Waals surface area contributed by atoms with E-state index in [1.165, 1.54) is 12.1 Å². The van der Waals surface area contributed by atoms with Crippen LogP contribution in [0.1, 0.15) is 57.5 Å². The van der Waals surface area contributed by atoms with Crippen LogP contribution in [0.5, 0.6) is 0 Å². The topological polar surface area (TPSA) is 140 Å². The minimum atomic E-state index is -1.32. The Labute approximate surface area is 195 Å². The maximum absolute atomic E-state index is 12.8. The monoisotopic (exact) mass is 463 g/mol. The van der Waals surface area contributed by atoms with Gasteiger partial charge in [-0.05, 0) is 48.6 Å². The van der Waals surface area contributed by atoms with E-state index in [0.717, 1.165) is 40.6 Å². The molecule has 9 nitrogen and oxygen atoms in total. The number of hydroxylamine groups is 1. The number of unbranched alkanes of at least 4 members (excludes halogenated alkanes) is 2. The first kappa shape index (κ1) is 23.2. The Hall–Kier alpha value is -3.98. The lowest BCUT2D eigenvalue weighted by Crippen LogP contribution is -2.46. The summed E-state index contributed by atoms with van der Waals surface area (Å²) in [6.45, 7) is 0. The normalized spacial score (nSPS) is 13.9. The molecule has 176 valence electrons. The average molecular weight is 463 g/mol. The molecule has 0 saturated carbocycles. The number of H-pyrrole nitrogens is 1. The molecule has 4 rings (SSSR count). The summed E-state index contributed by atoms with van der Waals surface area (Å²) in [7, 11) is 0. The van der Waals surface area contributed by atoms with Crippen molar-refractivity contribution < 1.29 is 29.5 Å². The summed E-state index contributed by atoms with van der Waals surface area (Å²) in [5, 5.41) is 19.2. The Morgan fingerprint density at radius 2 is 1.71 bits per heavy atom. The van der Waals surface area contributed by atoms with Crippen molar-refractivity contribution in [2.45, 2.75) is 44.6 Å². The van der Waals surface area contributed by atoms with Gasteiger partial charge in [0.1, 0.15) is 6.04 Å². The lowest BCUT2D eigenvalue weighted by molar-refractivity contribution is -0.141. The van der Waals surface area contributed by atoms with E-state index in [1.54, 1.807) is 23.8 Å². The van der Waals surface area contributed by atoms with Gasteiger partial charge in [0.25, 0.3) is 11.8 Å². The van der Waals surface area contributed by atoms with Crippen molar-refractivity contribution in [3.05, 3.63) is 70.9 Å². The minimum absolute atomic E-state index is 0.00688. The van der Waals surface area contributed by atoms with Gasteiger partial charge >= 0.3 is 5.97 Å². The molecule has 0 spiro atoms. The highest BCUT2D eigenvalue weighted by molar-refractivity contribution is 6.22. The van der Waals surface area contributed by atoms with Crippen LogP contribution < -0.4 is 5.48 Å². The standard InChI is InChI=1S/C25H25N3O6/c29-22(27-34)9-3-1-2-6-15-10-11-17-16(14-26-20(17)12-15)13-21(25(32)33)28-23(30)18-7-4-5-8-19(18)24(28)31/h4-5,7-8,10-12,14,21,26,34H,1-3,6,9,13H2,(H,27,29)(H,32,33)/t21-/m0/s1. The molecule has 2 aromatic carbocycles. The Kier molecular flexibility index (Phi) is 6.74. The van der Waals surface area contributed by atoms with Gasteiger partial charge in [0.2, 0.25) is 5.91 Å². The number of aliphatic carboxylic acids is 1. The van der Waals surface area contributed by atoms with Crippen LogP contribution in [0.25, 0.3) is 10.9 Å². The van der Waals surface area contributed by atoms with Crippen LogP contribution in [0.4, 0.5) is 0 Å². The average Bonchev–Trinajstić information content (AvgIpc) is 3.35. The third-order valence-electron chi connectivity index (χ3n) is 6.16. The number of carboxylic acids is 1. The van der Waals surface area contributed by atoms with Gasteiger partial charge in [-0.3, -0.25) is 24.5 Å². The number of carbonyl (C=O) groups is 4. The summed E-state index contributed by atoms with van der Waals surface area (Å²) in [5.74, 6) is -2.81. The van der Waals surface area contributed by atoms with Crippen LogP contribution in [0.3, 0.4) is 0 Å². The van der Waals surface area contributed by atoms with Crippen LogP contribution >= 0.6 is 0 Å². The van der Waals surface area contributed by atoms with E-state index < -0.39 is 23.8 Å². The highest BCUT2D eigenvalue weighted by Gasteiger charge is 2.42. The van der Waals surface area contributed by atoms with Crippen LogP contribution in [0.15, 0.2) is 48.7 Å². The van der Waals surface area contributed by atoms with E-state index >= 15 is 0 Å². The SMILES string of the molecule is O=C(CCCCCc1ccc2c(C[C@@H](C(=O)O)N3C(=O)c4ccccc4C3=O)c[nH]c2c1)NO. The molecule has 0 bridgehead atoms. The Morgan fingerprint density at radius 1 is 1.00 bits per heavy atom. The predicted octanol–water partition coefficient (Wildman–Crippen LogP) is 3.07. The molecule has 0 saturated heterocycles. The van der Waals surface area contributed by atoms with E-state index in [0.29, 0.717) is 12.0 Å². The maximum Gasteiger partial charge on any atom is 0.327 e. The van der Waals surface area contributed by atoms with Gasteiger partial charge in [0.15, 0.2) is 0 Å². The van der Waals surface area contributed by atoms with Gasteiger partial charge in [0, 0.05) is 29.9 Å².